The van der Waals surface area contributed by atoms with Gasteiger partial charge in [0.05, 0.1) is 0 Å². The molecule has 1 heterocycles. The van der Waals surface area contributed by atoms with Gasteiger partial charge in [0.2, 0.25) is 5.91 Å². The van der Waals surface area contributed by atoms with Crippen LogP contribution in [0.25, 0.3) is 0 Å². The summed E-state index contributed by atoms with van der Waals surface area (Å²) in [7, 11) is 0. The SMILES string of the molecule is Cc1ccccc1CCC(=O)N1CCCNCC1.Cl. The van der Waals surface area contributed by atoms with Gasteiger partial charge in [-0.15, -0.1) is 12.4 Å². The lowest BCUT2D eigenvalue weighted by Gasteiger charge is -2.20. The normalized spacial score (nSPS) is 15.5. The second kappa shape index (κ2) is 8.18. The van der Waals surface area contributed by atoms with Crippen LogP contribution in [0.15, 0.2) is 24.3 Å². The zero-order valence-corrected chi connectivity index (χ0v) is 12.3. The van der Waals surface area contributed by atoms with Crippen molar-refractivity contribution in [2.75, 3.05) is 26.2 Å². The molecule has 0 radical (unpaired) electrons. The molecule has 0 unspecified atom stereocenters. The van der Waals surface area contributed by atoms with Crippen molar-refractivity contribution in [1.29, 1.82) is 0 Å². The summed E-state index contributed by atoms with van der Waals surface area (Å²) in [6.07, 6.45) is 2.55. The lowest BCUT2D eigenvalue weighted by atomic mass is 10.0. The molecule has 106 valence electrons. The molecular formula is C15H23ClN2O. The molecule has 0 spiro atoms. The van der Waals surface area contributed by atoms with Gasteiger partial charge in [0.1, 0.15) is 0 Å². The van der Waals surface area contributed by atoms with Gasteiger partial charge in [0.25, 0.3) is 0 Å². The molecule has 0 aromatic heterocycles. The van der Waals surface area contributed by atoms with Gasteiger partial charge in [-0.3, -0.25) is 4.79 Å². The van der Waals surface area contributed by atoms with Crippen LogP contribution in [-0.2, 0) is 11.2 Å². The summed E-state index contributed by atoms with van der Waals surface area (Å²) >= 11 is 0. The molecule has 0 saturated carbocycles. The van der Waals surface area contributed by atoms with Crippen molar-refractivity contribution in [3.05, 3.63) is 35.4 Å². The van der Waals surface area contributed by atoms with E-state index in [4.69, 9.17) is 0 Å². The summed E-state index contributed by atoms with van der Waals surface area (Å²) in [5, 5.41) is 3.32. The Morgan fingerprint density at radius 2 is 2.05 bits per heavy atom. The van der Waals surface area contributed by atoms with Gasteiger partial charge in [-0.05, 0) is 37.4 Å². The number of aryl methyl sites for hydroxylation is 2. The molecule has 19 heavy (non-hydrogen) atoms. The average molecular weight is 283 g/mol. The van der Waals surface area contributed by atoms with Crippen molar-refractivity contribution < 1.29 is 4.79 Å². The van der Waals surface area contributed by atoms with Crippen LogP contribution in [0.3, 0.4) is 0 Å². The van der Waals surface area contributed by atoms with E-state index in [0.717, 1.165) is 39.0 Å². The van der Waals surface area contributed by atoms with Gasteiger partial charge in [0.15, 0.2) is 0 Å². The van der Waals surface area contributed by atoms with Gasteiger partial charge in [0, 0.05) is 26.1 Å². The van der Waals surface area contributed by atoms with E-state index in [0.29, 0.717) is 12.3 Å². The molecule has 4 heteroatoms. The minimum atomic E-state index is 0. The Kier molecular flexibility index (Phi) is 6.89. The van der Waals surface area contributed by atoms with Crippen molar-refractivity contribution in [1.82, 2.24) is 10.2 Å². The van der Waals surface area contributed by atoms with E-state index < -0.39 is 0 Å². The maximum Gasteiger partial charge on any atom is 0.222 e. The number of carbonyl (C=O) groups excluding carboxylic acids is 1. The average Bonchev–Trinajstić information content (AvgIpc) is 2.66. The van der Waals surface area contributed by atoms with Crippen molar-refractivity contribution in [3.63, 3.8) is 0 Å². The summed E-state index contributed by atoms with van der Waals surface area (Å²) in [5.41, 5.74) is 2.57. The first kappa shape index (κ1) is 16.0. The minimum absolute atomic E-state index is 0. The molecule has 0 bridgehead atoms. The largest absolute Gasteiger partial charge is 0.341 e. The van der Waals surface area contributed by atoms with Crippen LogP contribution in [0.5, 0.6) is 0 Å². The van der Waals surface area contributed by atoms with Gasteiger partial charge >= 0.3 is 0 Å². The number of hydrogen-bond acceptors (Lipinski definition) is 2. The highest BCUT2D eigenvalue weighted by molar-refractivity contribution is 5.85. The van der Waals surface area contributed by atoms with Crippen LogP contribution in [0.1, 0.15) is 24.0 Å². The smallest absolute Gasteiger partial charge is 0.222 e. The fourth-order valence-corrected chi connectivity index (χ4v) is 2.39. The van der Waals surface area contributed by atoms with E-state index in [2.05, 4.69) is 24.4 Å². The third-order valence-electron chi connectivity index (χ3n) is 3.56. The second-order valence-corrected chi connectivity index (χ2v) is 4.91. The molecule has 1 N–H and O–H groups in total. The number of nitrogens with one attached hydrogen (secondary N) is 1. The standard InChI is InChI=1S/C15H22N2O.ClH/c1-13-5-2-3-6-14(13)7-8-15(18)17-11-4-9-16-10-12-17;/h2-3,5-6,16H,4,7-12H2,1H3;1H. The maximum absolute atomic E-state index is 12.1. The van der Waals surface area contributed by atoms with Gasteiger partial charge in [-0.1, -0.05) is 24.3 Å². The van der Waals surface area contributed by atoms with Crippen molar-refractivity contribution in [3.8, 4) is 0 Å². The third-order valence-corrected chi connectivity index (χ3v) is 3.56. The van der Waals surface area contributed by atoms with Crippen molar-refractivity contribution in [2.24, 2.45) is 0 Å². The minimum Gasteiger partial charge on any atom is -0.341 e. The topological polar surface area (TPSA) is 32.3 Å². The highest BCUT2D eigenvalue weighted by Gasteiger charge is 2.14. The first-order chi connectivity index (χ1) is 8.77. The Hall–Kier alpha value is -1.06. The summed E-state index contributed by atoms with van der Waals surface area (Å²) in [6.45, 7) is 5.82. The monoisotopic (exact) mass is 282 g/mol. The third kappa shape index (κ3) is 4.84. The Balaban J connectivity index is 0.00000180. The van der Waals surface area contributed by atoms with E-state index in [1.807, 2.05) is 17.0 Å². The molecular weight excluding hydrogens is 260 g/mol. The number of hydrogen-bond donors (Lipinski definition) is 1. The zero-order valence-electron chi connectivity index (χ0n) is 11.5. The van der Waals surface area contributed by atoms with E-state index >= 15 is 0 Å². The van der Waals surface area contributed by atoms with Crippen LogP contribution in [-0.4, -0.2) is 37.0 Å². The van der Waals surface area contributed by atoms with Crippen molar-refractivity contribution in [2.45, 2.75) is 26.2 Å². The molecule has 1 aromatic carbocycles. The molecule has 1 aliphatic rings. The van der Waals surface area contributed by atoms with Gasteiger partial charge in [-0.2, -0.15) is 0 Å². The first-order valence-corrected chi connectivity index (χ1v) is 6.80. The first-order valence-electron chi connectivity index (χ1n) is 6.80. The number of benzene rings is 1. The zero-order chi connectivity index (χ0) is 12.8. The number of amides is 1. The molecule has 0 aliphatic carbocycles. The number of carbonyl (C=O) groups is 1. The molecule has 0 atom stereocenters. The van der Waals surface area contributed by atoms with Gasteiger partial charge < -0.3 is 10.2 Å². The maximum atomic E-state index is 12.1. The Labute approximate surface area is 121 Å². The highest BCUT2D eigenvalue weighted by Crippen LogP contribution is 2.11. The quantitative estimate of drug-likeness (QED) is 0.922. The Morgan fingerprint density at radius 1 is 1.26 bits per heavy atom. The van der Waals surface area contributed by atoms with Crippen LogP contribution >= 0.6 is 12.4 Å². The molecule has 1 aromatic rings. The number of nitrogens with zero attached hydrogens (tertiary/aromatic N) is 1. The fraction of sp³-hybridized carbons (Fsp3) is 0.533. The Bertz CT molecular complexity index is 401. The number of halogens is 1. The summed E-state index contributed by atoms with van der Waals surface area (Å²) in [4.78, 5) is 14.1. The van der Waals surface area contributed by atoms with Crippen LogP contribution < -0.4 is 5.32 Å². The lowest BCUT2D eigenvalue weighted by Crippen LogP contribution is -2.34. The van der Waals surface area contributed by atoms with Crippen LogP contribution in [0.2, 0.25) is 0 Å². The van der Waals surface area contributed by atoms with E-state index in [9.17, 15) is 4.79 Å². The van der Waals surface area contributed by atoms with Crippen molar-refractivity contribution >= 4 is 18.3 Å². The summed E-state index contributed by atoms with van der Waals surface area (Å²) in [5.74, 6) is 0.293. The number of rotatable bonds is 3. The van der Waals surface area contributed by atoms with E-state index in [1.54, 1.807) is 0 Å². The van der Waals surface area contributed by atoms with E-state index in [-0.39, 0.29) is 12.4 Å². The predicted molar refractivity (Wildman–Crippen MR) is 80.8 cm³/mol. The fourth-order valence-electron chi connectivity index (χ4n) is 2.39. The molecule has 1 amide bonds. The molecule has 2 rings (SSSR count). The molecule has 1 aliphatic heterocycles. The molecule has 1 fully saturated rings. The predicted octanol–water partition coefficient (Wildman–Crippen LogP) is 2.17. The van der Waals surface area contributed by atoms with Crippen LogP contribution in [0.4, 0.5) is 0 Å². The van der Waals surface area contributed by atoms with Gasteiger partial charge in [-0.25, -0.2) is 0 Å². The van der Waals surface area contributed by atoms with Crippen LogP contribution in [0, 0.1) is 6.92 Å². The second-order valence-electron chi connectivity index (χ2n) is 4.91. The summed E-state index contributed by atoms with van der Waals surface area (Å²) < 4.78 is 0. The highest BCUT2D eigenvalue weighted by atomic mass is 35.5. The molecule has 1 saturated heterocycles. The van der Waals surface area contributed by atoms with E-state index in [1.165, 1.54) is 11.1 Å². The molecule has 3 nitrogen and oxygen atoms in total. The summed E-state index contributed by atoms with van der Waals surface area (Å²) in [6, 6.07) is 8.31. The lowest BCUT2D eigenvalue weighted by molar-refractivity contribution is -0.130. The Morgan fingerprint density at radius 3 is 2.84 bits per heavy atom.